The van der Waals surface area contributed by atoms with Crippen LogP contribution in [0.3, 0.4) is 0 Å². The molecule has 6 nitrogen and oxygen atoms in total. The molecule has 0 saturated heterocycles. The number of aliphatic hydroxyl groups is 2. The Labute approximate surface area is 193 Å². The van der Waals surface area contributed by atoms with E-state index in [-0.39, 0.29) is 11.8 Å². The summed E-state index contributed by atoms with van der Waals surface area (Å²) in [4.78, 5) is 0. The highest BCUT2D eigenvalue weighted by molar-refractivity contribution is 5.62. The van der Waals surface area contributed by atoms with Crippen molar-refractivity contribution in [3.05, 3.63) is 83.4 Å². The van der Waals surface area contributed by atoms with Crippen molar-refractivity contribution in [2.45, 2.75) is 30.1 Å². The molecule has 0 spiro atoms. The molecule has 172 valence electrons. The lowest BCUT2D eigenvalue weighted by atomic mass is 9.70. The van der Waals surface area contributed by atoms with E-state index >= 15 is 0 Å². The molecule has 1 saturated carbocycles. The molecule has 3 aromatic rings. The van der Waals surface area contributed by atoms with Crippen LogP contribution in [-0.2, 0) is 11.2 Å². The van der Waals surface area contributed by atoms with Gasteiger partial charge in [-0.2, -0.15) is 0 Å². The molecule has 0 bridgehead atoms. The highest BCUT2D eigenvalue weighted by Crippen LogP contribution is 2.70. The Morgan fingerprint density at radius 1 is 0.848 bits per heavy atom. The minimum atomic E-state index is -1.77. The number of benzene rings is 3. The second-order valence-corrected chi connectivity index (χ2v) is 8.73. The summed E-state index contributed by atoms with van der Waals surface area (Å²) in [5.74, 6) is 1.39. The summed E-state index contributed by atoms with van der Waals surface area (Å²) in [5.41, 5.74) is -0.940. The summed E-state index contributed by atoms with van der Waals surface area (Å²) in [6, 6.07) is 20.8. The molecule has 0 unspecified atom stereocenters. The molecule has 1 heterocycles. The van der Waals surface area contributed by atoms with E-state index in [0.29, 0.717) is 28.6 Å². The fraction of sp³-hybridized carbons (Fsp3) is 0.333. The van der Waals surface area contributed by atoms with Crippen LogP contribution >= 0.6 is 0 Å². The van der Waals surface area contributed by atoms with Crippen molar-refractivity contribution in [2.75, 3.05) is 21.3 Å². The van der Waals surface area contributed by atoms with Gasteiger partial charge >= 0.3 is 0 Å². The molecular formula is C27H28O6. The van der Waals surface area contributed by atoms with Crippen LogP contribution in [0.15, 0.2) is 66.7 Å². The van der Waals surface area contributed by atoms with Gasteiger partial charge in [-0.15, -0.1) is 0 Å². The zero-order valence-corrected chi connectivity index (χ0v) is 19.1. The molecule has 0 aromatic heterocycles. The minimum absolute atomic E-state index is 0.320. The second kappa shape index (κ2) is 7.68. The fourth-order valence-electron chi connectivity index (χ4n) is 5.83. The van der Waals surface area contributed by atoms with Crippen LogP contribution in [-0.4, -0.2) is 37.6 Å². The third-order valence-corrected chi connectivity index (χ3v) is 7.28. The number of methoxy groups -OCH3 is 3. The van der Waals surface area contributed by atoms with E-state index in [1.807, 2.05) is 61.5 Å². The number of fused-ring (bicyclic) bond motifs is 3. The minimum Gasteiger partial charge on any atom is -0.497 e. The van der Waals surface area contributed by atoms with Crippen LogP contribution in [0.1, 0.15) is 29.5 Å². The third-order valence-electron chi connectivity index (χ3n) is 7.28. The molecule has 5 rings (SSSR count). The summed E-state index contributed by atoms with van der Waals surface area (Å²) >= 11 is 0. The number of hydrogen-bond acceptors (Lipinski definition) is 6. The van der Waals surface area contributed by atoms with Crippen molar-refractivity contribution in [3.8, 4) is 23.0 Å². The number of aliphatic hydroxyl groups excluding tert-OH is 1. The van der Waals surface area contributed by atoms with Gasteiger partial charge in [-0.25, -0.2) is 0 Å². The molecule has 1 fully saturated rings. The molecular weight excluding hydrogens is 420 g/mol. The highest BCUT2D eigenvalue weighted by atomic mass is 16.5. The van der Waals surface area contributed by atoms with Crippen molar-refractivity contribution in [3.63, 3.8) is 0 Å². The molecule has 0 radical (unpaired) electrons. The summed E-state index contributed by atoms with van der Waals surface area (Å²) in [6.07, 6.45) is -1.12. The maximum absolute atomic E-state index is 12.5. The Balaban J connectivity index is 1.84. The smallest absolute Gasteiger partial charge is 0.177 e. The zero-order valence-electron chi connectivity index (χ0n) is 19.1. The molecule has 5 atom stereocenters. The third kappa shape index (κ3) is 2.74. The average Bonchev–Trinajstić information content (AvgIpc) is 3.21. The van der Waals surface area contributed by atoms with Gasteiger partial charge in [0.25, 0.3) is 0 Å². The van der Waals surface area contributed by atoms with E-state index in [2.05, 4.69) is 0 Å². The Kier molecular flexibility index (Phi) is 5.03. The lowest BCUT2D eigenvalue weighted by Gasteiger charge is -2.41. The Bertz CT molecular complexity index is 1160. The molecule has 1 aliphatic heterocycles. The lowest BCUT2D eigenvalue weighted by Crippen LogP contribution is -2.52. The summed E-state index contributed by atoms with van der Waals surface area (Å²) < 4.78 is 23.2. The quantitative estimate of drug-likeness (QED) is 0.615. The maximum atomic E-state index is 12.5. The van der Waals surface area contributed by atoms with E-state index in [0.717, 1.165) is 11.1 Å². The first kappa shape index (κ1) is 21.6. The maximum Gasteiger partial charge on any atom is 0.177 e. The van der Waals surface area contributed by atoms with E-state index in [1.54, 1.807) is 26.4 Å². The SMILES string of the molecule is COc1ccc([C@@]23Oc4cc(OC)cc(OC)c4[C@]2(O)[C@H](O)[C@H](C)[C@H]3c2ccccc2)cc1. The molecule has 1 aliphatic carbocycles. The van der Waals surface area contributed by atoms with Crippen molar-refractivity contribution in [1.29, 1.82) is 0 Å². The summed E-state index contributed by atoms with van der Waals surface area (Å²) in [7, 11) is 4.71. The molecule has 33 heavy (non-hydrogen) atoms. The molecule has 0 amide bonds. The van der Waals surface area contributed by atoms with Crippen LogP contribution < -0.4 is 18.9 Å². The first-order valence-electron chi connectivity index (χ1n) is 11.0. The van der Waals surface area contributed by atoms with E-state index in [9.17, 15) is 10.2 Å². The monoisotopic (exact) mass is 448 g/mol. The van der Waals surface area contributed by atoms with Crippen LogP contribution in [0.2, 0.25) is 0 Å². The van der Waals surface area contributed by atoms with Crippen LogP contribution in [0.5, 0.6) is 23.0 Å². The molecule has 3 aromatic carbocycles. The van der Waals surface area contributed by atoms with Crippen molar-refractivity contribution in [1.82, 2.24) is 0 Å². The number of ether oxygens (including phenoxy) is 4. The summed E-state index contributed by atoms with van der Waals surface area (Å²) in [6.45, 7) is 1.95. The Morgan fingerprint density at radius 2 is 1.52 bits per heavy atom. The van der Waals surface area contributed by atoms with Crippen LogP contribution in [0.4, 0.5) is 0 Å². The van der Waals surface area contributed by atoms with Gasteiger partial charge in [-0.05, 0) is 29.2 Å². The van der Waals surface area contributed by atoms with Gasteiger partial charge in [-0.3, -0.25) is 0 Å². The van der Waals surface area contributed by atoms with Gasteiger partial charge in [-0.1, -0.05) is 49.4 Å². The molecule has 2 aliphatic rings. The van der Waals surface area contributed by atoms with Crippen LogP contribution in [0.25, 0.3) is 0 Å². The highest BCUT2D eigenvalue weighted by Gasteiger charge is 2.75. The van der Waals surface area contributed by atoms with Gasteiger partial charge in [0.05, 0.1) is 33.0 Å². The average molecular weight is 449 g/mol. The van der Waals surface area contributed by atoms with Gasteiger partial charge in [0, 0.05) is 18.1 Å². The standard InChI is InChI=1S/C27H28O6/c1-16-23(17-8-6-5-7-9-17)27(18-10-12-19(30-2)13-11-18)26(29,25(16)28)24-21(32-4)14-20(31-3)15-22(24)33-27/h5-16,23,25,28-29H,1-4H3/t16-,23+,25-,26+,27+/m1/s1. The zero-order chi connectivity index (χ0) is 23.4. The lowest BCUT2D eigenvalue weighted by molar-refractivity contribution is -0.151. The largest absolute Gasteiger partial charge is 0.497 e. The first-order valence-corrected chi connectivity index (χ1v) is 11.0. The number of rotatable bonds is 5. The van der Waals surface area contributed by atoms with Gasteiger partial charge in [0.2, 0.25) is 0 Å². The summed E-state index contributed by atoms with van der Waals surface area (Å²) in [5, 5.41) is 24.2. The van der Waals surface area contributed by atoms with Crippen molar-refractivity contribution in [2.24, 2.45) is 5.92 Å². The van der Waals surface area contributed by atoms with Crippen LogP contribution in [0, 0.1) is 5.92 Å². The van der Waals surface area contributed by atoms with Gasteiger partial charge in [0.1, 0.15) is 23.0 Å². The Hall–Kier alpha value is -3.22. The number of hydrogen-bond donors (Lipinski definition) is 2. The van der Waals surface area contributed by atoms with Crippen molar-refractivity contribution < 1.29 is 29.2 Å². The van der Waals surface area contributed by atoms with E-state index in [1.165, 1.54) is 7.11 Å². The topological polar surface area (TPSA) is 77.4 Å². The normalized spacial score (nSPS) is 29.7. The predicted molar refractivity (Wildman–Crippen MR) is 123 cm³/mol. The van der Waals surface area contributed by atoms with Gasteiger partial charge in [0.15, 0.2) is 11.2 Å². The first-order chi connectivity index (χ1) is 15.9. The van der Waals surface area contributed by atoms with E-state index in [4.69, 9.17) is 18.9 Å². The fourth-order valence-corrected chi connectivity index (χ4v) is 5.83. The van der Waals surface area contributed by atoms with Crippen molar-refractivity contribution >= 4 is 0 Å². The Morgan fingerprint density at radius 3 is 2.12 bits per heavy atom. The molecule has 2 N–H and O–H groups in total. The molecule has 6 heteroatoms. The second-order valence-electron chi connectivity index (χ2n) is 8.73. The van der Waals surface area contributed by atoms with E-state index < -0.39 is 17.3 Å². The van der Waals surface area contributed by atoms with Gasteiger partial charge < -0.3 is 29.2 Å². The predicted octanol–water partition coefficient (Wildman–Crippen LogP) is 3.98.